The molecule has 0 spiro atoms. The summed E-state index contributed by atoms with van der Waals surface area (Å²) in [5.74, 6) is 0.994. The van der Waals surface area contributed by atoms with Crippen LogP contribution < -0.4 is 10.1 Å². The molecule has 0 aliphatic carbocycles. The molecule has 2 aromatic carbocycles. The number of hydrogen-bond donors (Lipinski definition) is 1. The molecule has 3 nitrogen and oxygen atoms in total. The Morgan fingerprint density at radius 2 is 1.68 bits per heavy atom. The standard InChI is InChI=1S/C22H29NO2/c1-17-13-19(14-18(2)21(17)24-3)15-23-16-22(9-11-25-12-10-22)20-7-5-4-6-8-20/h4-8,13-14,23H,9-12,15-16H2,1-3H3. The van der Waals surface area contributed by atoms with Gasteiger partial charge in [-0.1, -0.05) is 42.5 Å². The Hall–Kier alpha value is -1.84. The lowest BCUT2D eigenvalue weighted by Gasteiger charge is -2.38. The first-order valence-electron chi connectivity index (χ1n) is 9.13. The molecule has 0 atom stereocenters. The van der Waals surface area contributed by atoms with E-state index in [2.05, 4.69) is 61.6 Å². The van der Waals surface area contributed by atoms with Crippen LogP contribution >= 0.6 is 0 Å². The number of hydrogen-bond acceptors (Lipinski definition) is 3. The number of rotatable bonds is 6. The monoisotopic (exact) mass is 339 g/mol. The first-order valence-corrected chi connectivity index (χ1v) is 9.13. The lowest BCUT2D eigenvalue weighted by Crippen LogP contribution is -2.42. The zero-order valence-electron chi connectivity index (χ0n) is 15.6. The molecule has 3 heteroatoms. The van der Waals surface area contributed by atoms with Gasteiger partial charge in [0.25, 0.3) is 0 Å². The summed E-state index contributed by atoms with van der Waals surface area (Å²) in [5.41, 5.74) is 5.31. The van der Waals surface area contributed by atoms with Crippen molar-refractivity contribution in [2.24, 2.45) is 0 Å². The van der Waals surface area contributed by atoms with E-state index in [1.165, 1.54) is 22.3 Å². The normalized spacial score (nSPS) is 16.6. The van der Waals surface area contributed by atoms with Crippen molar-refractivity contribution in [2.75, 3.05) is 26.9 Å². The Kier molecular flexibility index (Phi) is 5.77. The largest absolute Gasteiger partial charge is 0.496 e. The van der Waals surface area contributed by atoms with Crippen molar-refractivity contribution in [2.45, 2.75) is 38.6 Å². The Morgan fingerprint density at radius 1 is 1.04 bits per heavy atom. The summed E-state index contributed by atoms with van der Waals surface area (Å²) in [6.45, 7) is 7.76. The summed E-state index contributed by atoms with van der Waals surface area (Å²) in [5, 5.41) is 3.71. The van der Waals surface area contributed by atoms with E-state index in [-0.39, 0.29) is 5.41 Å². The number of nitrogens with one attached hydrogen (secondary N) is 1. The molecule has 1 fully saturated rings. The molecule has 1 saturated heterocycles. The van der Waals surface area contributed by atoms with Gasteiger partial charge in [-0.05, 0) is 48.9 Å². The SMILES string of the molecule is COc1c(C)cc(CNCC2(c3ccccc3)CCOCC2)cc1C. The minimum atomic E-state index is 0.177. The van der Waals surface area contributed by atoms with E-state index in [9.17, 15) is 0 Å². The highest BCUT2D eigenvalue weighted by Gasteiger charge is 2.33. The van der Waals surface area contributed by atoms with Gasteiger partial charge in [0, 0.05) is 31.7 Å². The third-order valence-corrected chi connectivity index (χ3v) is 5.35. The maximum Gasteiger partial charge on any atom is 0.124 e. The van der Waals surface area contributed by atoms with Crippen LogP contribution in [0.1, 0.15) is 35.1 Å². The Balaban J connectivity index is 1.70. The van der Waals surface area contributed by atoms with E-state index in [0.29, 0.717) is 0 Å². The summed E-state index contributed by atoms with van der Waals surface area (Å²) in [6.07, 6.45) is 2.15. The minimum Gasteiger partial charge on any atom is -0.496 e. The van der Waals surface area contributed by atoms with Crippen LogP contribution in [0.15, 0.2) is 42.5 Å². The fourth-order valence-electron chi connectivity index (χ4n) is 4.03. The van der Waals surface area contributed by atoms with Crippen LogP contribution in [0.5, 0.6) is 5.75 Å². The number of benzene rings is 2. The first kappa shape index (κ1) is 18.0. The highest BCUT2D eigenvalue weighted by molar-refractivity contribution is 5.43. The molecule has 0 bridgehead atoms. The molecule has 3 rings (SSSR count). The van der Waals surface area contributed by atoms with Gasteiger partial charge in [-0.25, -0.2) is 0 Å². The second kappa shape index (κ2) is 8.03. The van der Waals surface area contributed by atoms with E-state index < -0.39 is 0 Å². The van der Waals surface area contributed by atoms with Gasteiger partial charge in [-0.2, -0.15) is 0 Å². The van der Waals surface area contributed by atoms with Crippen molar-refractivity contribution < 1.29 is 9.47 Å². The van der Waals surface area contributed by atoms with Gasteiger partial charge >= 0.3 is 0 Å². The lowest BCUT2D eigenvalue weighted by molar-refractivity contribution is 0.0498. The van der Waals surface area contributed by atoms with Crippen LogP contribution in [0.3, 0.4) is 0 Å². The maximum absolute atomic E-state index is 5.63. The summed E-state index contributed by atoms with van der Waals surface area (Å²) < 4.78 is 11.1. The van der Waals surface area contributed by atoms with Crippen LogP contribution in [-0.4, -0.2) is 26.9 Å². The molecule has 1 aliphatic heterocycles. The van der Waals surface area contributed by atoms with Gasteiger partial charge in [-0.15, -0.1) is 0 Å². The van der Waals surface area contributed by atoms with Crippen molar-refractivity contribution in [1.82, 2.24) is 5.32 Å². The van der Waals surface area contributed by atoms with Crippen LogP contribution in [0.2, 0.25) is 0 Å². The molecular formula is C22H29NO2. The van der Waals surface area contributed by atoms with Gasteiger partial charge in [0.05, 0.1) is 7.11 Å². The summed E-state index contributed by atoms with van der Waals surface area (Å²) in [4.78, 5) is 0. The van der Waals surface area contributed by atoms with E-state index in [1.807, 2.05) is 0 Å². The van der Waals surface area contributed by atoms with Gasteiger partial charge in [0.15, 0.2) is 0 Å². The minimum absolute atomic E-state index is 0.177. The third-order valence-electron chi connectivity index (χ3n) is 5.35. The van der Waals surface area contributed by atoms with Gasteiger partial charge < -0.3 is 14.8 Å². The average Bonchev–Trinajstić information content (AvgIpc) is 2.63. The fourth-order valence-corrected chi connectivity index (χ4v) is 4.03. The van der Waals surface area contributed by atoms with E-state index in [4.69, 9.17) is 9.47 Å². The molecule has 0 amide bonds. The van der Waals surface area contributed by atoms with E-state index >= 15 is 0 Å². The second-order valence-corrected chi connectivity index (χ2v) is 7.13. The van der Waals surface area contributed by atoms with Crippen LogP contribution in [0.4, 0.5) is 0 Å². The fraction of sp³-hybridized carbons (Fsp3) is 0.455. The van der Waals surface area contributed by atoms with E-state index in [0.717, 1.165) is 44.9 Å². The molecule has 0 saturated carbocycles. The molecule has 0 aromatic heterocycles. The molecule has 0 radical (unpaired) electrons. The Labute approximate surface area is 151 Å². The van der Waals surface area contributed by atoms with Crippen molar-refractivity contribution in [3.05, 3.63) is 64.7 Å². The molecule has 1 heterocycles. The number of aryl methyl sites for hydroxylation is 2. The molecule has 134 valence electrons. The topological polar surface area (TPSA) is 30.5 Å². The lowest BCUT2D eigenvalue weighted by atomic mass is 9.74. The van der Waals surface area contributed by atoms with Crippen molar-refractivity contribution in [1.29, 1.82) is 0 Å². The van der Waals surface area contributed by atoms with Crippen LogP contribution in [0, 0.1) is 13.8 Å². The Morgan fingerprint density at radius 3 is 2.28 bits per heavy atom. The maximum atomic E-state index is 5.63. The van der Waals surface area contributed by atoms with Gasteiger partial charge in [-0.3, -0.25) is 0 Å². The van der Waals surface area contributed by atoms with Crippen molar-refractivity contribution in [3.8, 4) is 5.75 Å². The molecule has 25 heavy (non-hydrogen) atoms. The number of methoxy groups -OCH3 is 1. The van der Waals surface area contributed by atoms with Gasteiger partial charge in [0.2, 0.25) is 0 Å². The predicted octanol–water partition coefficient (Wildman–Crippen LogP) is 4.15. The molecular weight excluding hydrogens is 310 g/mol. The molecule has 2 aromatic rings. The highest BCUT2D eigenvalue weighted by Crippen LogP contribution is 2.34. The summed E-state index contributed by atoms with van der Waals surface area (Å²) in [6, 6.07) is 15.3. The van der Waals surface area contributed by atoms with E-state index in [1.54, 1.807) is 7.11 Å². The van der Waals surface area contributed by atoms with Crippen molar-refractivity contribution in [3.63, 3.8) is 0 Å². The third kappa shape index (κ3) is 4.05. The Bertz CT molecular complexity index is 667. The molecule has 0 unspecified atom stereocenters. The molecule has 1 aliphatic rings. The smallest absolute Gasteiger partial charge is 0.124 e. The quantitative estimate of drug-likeness (QED) is 0.857. The van der Waals surface area contributed by atoms with Crippen molar-refractivity contribution >= 4 is 0 Å². The zero-order valence-corrected chi connectivity index (χ0v) is 15.6. The summed E-state index contributed by atoms with van der Waals surface area (Å²) >= 11 is 0. The summed E-state index contributed by atoms with van der Waals surface area (Å²) in [7, 11) is 1.74. The average molecular weight is 339 g/mol. The first-order chi connectivity index (χ1) is 12.1. The highest BCUT2D eigenvalue weighted by atomic mass is 16.5. The number of ether oxygens (including phenoxy) is 2. The second-order valence-electron chi connectivity index (χ2n) is 7.13. The van der Waals surface area contributed by atoms with Gasteiger partial charge in [0.1, 0.15) is 5.75 Å². The molecule has 1 N–H and O–H groups in total. The zero-order chi connectivity index (χ0) is 17.7. The van der Waals surface area contributed by atoms with Crippen LogP contribution in [-0.2, 0) is 16.7 Å². The van der Waals surface area contributed by atoms with Crippen LogP contribution in [0.25, 0.3) is 0 Å². The predicted molar refractivity (Wildman–Crippen MR) is 102 cm³/mol.